The molecule has 0 atom stereocenters. The van der Waals surface area contributed by atoms with Gasteiger partial charge in [-0.05, 0) is 24.8 Å². The van der Waals surface area contributed by atoms with Crippen LogP contribution in [0.2, 0.25) is 0 Å². The average Bonchev–Trinajstić information content (AvgIpc) is 1.82. The summed E-state index contributed by atoms with van der Waals surface area (Å²) < 4.78 is 0. The minimum absolute atomic E-state index is 0.201. The van der Waals surface area contributed by atoms with E-state index in [1.165, 1.54) is 5.57 Å². The first-order valence-corrected chi connectivity index (χ1v) is 3.89. The Morgan fingerprint density at radius 1 is 1.18 bits per heavy atom. The highest BCUT2D eigenvalue weighted by molar-refractivity contribution is 5.30. The van der Waals surface area contributed by atoms with E-state index in [1.807, 2.05) is 6.92 Å². The van der Waals surface area contributed by atoms with Crippen LogP contribution in [0.5, 0.6) is 0 Å². The zero-order valence-electron chi connectivity index (χ0n) is 8.28. The third kappa shape index (κ3) is 2.79. The van der Waals surface area contributed by atoms with Crippen LogP contribution in [0.25, 0.3) is 0 Å². The number of allylic oxidation sites excluding steroid dienone is 2. The van der Waals surface area contributed by atoms with Crippen molar-refractivity contribution in [3.63, 3.8) is 0 Å². The Bertz CT molecular complexity index is 191. The Morgan fingerprint density at radius 3 is 1.64 bits per heavy atom. The summed E-state index contributed by atoms with van der Waals surface area (Å²) in [7, 11) is 0. The van der Waals surface area contributed by atoms with Gasteiger partial charge in [-0.2, -0.15) is 0 Å². The zero-order chi connectivity index (χ0) is 9.23. The third-order valence-electron chi connectivity index (χ3n) is 2.17. The largest absolute Gasteiger partial charge is 0.399 e. The van der Waals surface area contributed by atoms with Crippen molar-refractivity contribution in [3.05, 3.63) is 23.4 Å². The van der Waals surface area contributed by atoms with Gasteiger partial charge >= 0.3 is 0 Å². The molecule has 0 saturated heterocycles. The summed E-state index contributed by atoms with van der Waals surface area (Å²) >= 11 is 0. The maximum Gasteiger partial charge on any atom is 0.0270 e. The highest BCUT2D eigenvalue weighted by Crippen LogP contribution is 2.28. The van der Waals surface area contributed by atoms with E-state index in [0.29, 0.717) is 5.70 Å². The Kier molecular flexibility index (Phi) is 2.92. The van der Waals surface area contributed by atoms with Gasteiger partial charge in [0.25, 0.3) is 0 Å². The van der Waals surface area contributed by atoms with Gasteiger partial charge in [0, 0.05) is 5.70 Å². The van der Waals surface area contributed by atoms with E-state index in [9.17, 15) is 0 Å². The molecule has 0 bridgehead atoms. The summed E-state index contributed by atoms with van der Waals surface area (Å²) in [5.41, 5.74) is 8.89. The number of hydrogen-bond acceptors (Lipinski definition) is 1. The Balaban J connectivity index is 4.82. The molecule has 2 N–H and O–H groups in total. The molecule has 0 unspecified atom stereocenters. The average molecular weight is 153 g/mol. The minimum atomic E-state index is 0.201. The summed E-state index contributed by atoms with van der Waals surface area (Å²) in [6.45, 7) is 14.4. The van der Waals surface area contributed by atoms with Crippen LogP contribution >= 0.6 is 0 Å². The zero-order valence-corrected chi connectivity index (χ0v) is 8.28. The molecular formula is C10H19N. The number of rotatable bonds is 1. The van der Waals surface area contributed by atoms with Gasteiger partial charge in [0.05, 0.1) is 0 Å². The fourth-order valence-electron chi connectivity index (χ4n) is 0.803. The fourth-order valence-corrected chi connectivity index (χ4v) is 0.803. The predicted molar refractivity (Wildman–Crippen MR) is 51.2 cm³/mol. The molecule has 1 heteroatoms. The lowest BCUT2D eigenvalue weighted by Gasteiger charge is -2.22. The topological polar surface area (TPSA) is 26.0 Å². The third-order valence-corrected chi connectivity index (χ3v) is 2.17. The molecule has 0 heterocycles. The molecular weight excluding hydrogens is 134 g/mol. The van der Waals surface area contributed by atoms with Gasteiger partial charge in [0.1, 0.15) is 0 Å². The van der Waals surface area contributed by atoms with Crippen LogP contribution in [0.3, 0.4) is 0 Å². The molecule has 0 fully saturated rings. The van der Waals surface area contributed by atoms with Crippen molar-refractivity contribution < 1.29 is 0 Å². The molecule has 0 aromatic heterocycles. The van der Waals surface area contributed by atoms with Crippen LogP contribution < -0.4 is 5.73 Å². The van der Waals surface area contributed by atoms with Crippen LogP contribution in [0.15, 0.2) is 23.4 Å². The van der Waals surface area contributed by atoms with Crippen LogP contribution in [0.1, 0.15) is 34.6 Å². The second-order valence-corrected chi connectivity index (χ2v) is 4.03. The maximum atomic E-state index is 5.58. The van der Waals surface area contributed by atoms with E-state index >= 15 is 0 Å². The summed E-state index contributed by atoms with van der Waals surface area (Å²) in [6.07, 6.45) is 0. The smallest absolute Gasteiger partial charge is 0.0270 e. The Labute approximate surface area is 70.0 Å². The van der Waals surface area contributed by atoms with E-state index in [0.717, 1.165) is 5.57 Å². The van der Waals surface area contributed by atoms with Gasteiger partial charge in [-0.3, -0.25) is 0 Å². The molecule has 11 heavy (non-hydrogen) atoms. The van der Waals surface area contributed by atoms with Crippen molar-refractivity contribution in [2.24, 2.45) is 11.1 Å². The summed E-state index contributed by atoms with van der Waals surface area (Å²) in [5.74, 6) is 0. The molecule has 0 aliphatic rings. The molecule has 0 spiro atoms. The molecule has 0 rings (SSSR count). The van der Waals surface area contributed by atoms with Crippen molar-refractivity contribution in [1.29, 1.82) is 0 Å². The van der Waals surface area contributed by atoms with E-state index in [-0.39, 0.29) is 5.41 Å². The van der Waals surface area contributed by atoms with E-state index in [1.54, 1.807) is 0 Å². The number of hydrogen-bond donors (Lipinski definition) is 1. The first-order chi connectivity index (χ1) is 4.76. The minimum Gasteiger partial charge on any atom is -0.399 e. The van der Waals surface area contributed by atoms with Gasteiger partial charge in [-0.1, -0.05) is 32.9 Å². The van der Waals surface area contributed by atoms with E-state index in [2.05, 4.69) is 34.3 Å². The maximum absolute atomic E-state index is 5.58. The summed E-state index contributed by atoms with van der Waals surface area (Å²) in [5, 5.41) is 0. The van der Waals surface area contributed by atoms with Crippen LogP contribution in [0.4, 0.5) is 0 Å². The monoisotopic (exact) mass is 153 g/mol. The van der Waals surface area contributed by atoms with Gasteiger partial charge in [-0.25, -0.2) is 0 Å². The predicted octanol–water partition coefficient (Wildman–Crippen LogP) is 2.84. The Hall–Kier alpha value is -0.720. The summed E-state index contributed by atoms with van der Waals surface area (Å²) in [6, 6.07) is 0. The molecule has 0 aromatic carbocycles. The first-order valence-electron chi connectivity index (χ1n) is 3.89. The van der Waals surface area contributed by atoms with Crippen molar-refractivity contribution in [1.82, 2.24) is 0 Å². The fraction of sp³-hybridized carbons (Fsp3) is 0.600. The van der Waals surface area contributed by atoms with Gasteiger partial charge < -0.3 is 5.73 Å². The lowest BCUT2D eigenvalue weighted by molar-refractivity contribution is 0.499. The molecule has 0 saturated carbocycles. The molecule has 64 valence electrons. The standard InChI is InChI=1S/C10H19N/c1-7(9(3)11)8(2)10(4,5)6/h3,11H2,1-2,4-6H3/b8-7-. The molecule has 0 aliphatic heterocycles. The first kappa shape index (κ1) is 10.3. The highest BCUT2D eigenvalue weighted by atomic mass is 14.6. The van der Waals surface area contributed by atoms with Crippen LogP contribution in [-0.2, 0) is 0 Å². The number of nitrogens with two attached hydrogens (primary N) is 1. The SMILES string of the molecule is C=C(N)/C(C)=C(/C)C(C)(C)C. The van der Waals surface area contributed by atoms with Crippen LogP contribution in [0, 0.1) is 5.41 Å². The van der Waals surface area contributed by atoms with Crippen molar-refractivity contribution >= 4 is 0 Å². The van der Waals surface area contributed by atoms with Gasteiger partial charge in [-0.15, -0.1) is 0 Å². The summed E-state index contributed by atoms with van der Waals surface area (Å²) in [4.78, 5) is 0. The normalized spacial score (nSPS) is 14.3. The Morgan fingerprint density at radius 2 is 1.55 bits per heavy atom. The highest BCUT2D eigenvalue weighted by Gasteiger charge is 2.15. The molecule has 0 aliphatic carbocycles. The van der Waals surface area contributed by atoms with Gasteiger partial charge in [0.2, 0.25) is 0 Å². The van der Waals surface area contributed by atoms with Crippen molar-refractivity contribution in [2.45, 2.75) is 34.6 Å². The van der Waals surface area contributed by atoms with Crippen molar-refractivity contribution in [3.8, 4) is 0 Å². The van der Waals surface area contributed by atoms with E-state index in [4.69, 9.17) is 5.73 Å². The second-order valence-electron chi connectivity index (χ2n) is 4.03. The van der Waals surface area contributed by atoms with Crippen molar-refractivity contribution in [2.75, 3.05) is 0 Å². The second kappa shape index (κ2) is 3.12. The lowest BCUT2D eigenvalue weighted by atomic mass is 9.84. The van der Waals surface area contributed by atoms with Crippen LogP contribution in [-0.4, -0.2) is 0 Å². The lowest BCUT2D eigenvalue weighted by Crippen LogP contribution is -2.11. The van der Waals surface area contributed by atoms with Gasteiger partial charge in [0.15, 0.2) is 0 Å². The molecule has 0 radical (unpaired) electrons. The quantitative estimate of drug-likeness (QED) is 0.576. The molecule has 0 aromatic rings. The molecule has 0 amide bonds. The molecule has 1 nitrogen and oxygen atoms in total. The van der Waals surface area contributed by atoms with E-state index < -0.39 is 0 Å².